The number of anilines is 1. The van der Waals surface area contributed by atoms with Crippen molar-refractivity contribution in [1.82, 2.24) is 29.4 Å². The maximum absolute atomic E-state index is 14.9. The van der Waals surface area contributed by atoms with E-state index in [2.05, 4.69) is 45.3 Å². The van der Waals surface area contributed by atoms with Crippen LogP contribution in [0.1, 0.15) is 45.2 Å². The van der Waals surface area contributed by atoms with Gasteiger partial charge in [0, 0.05) is 54.1 Å². The third-order valence-electron chi connectivity index (χ3n) is 7.51. The van der Waals surface area contributed by atoms with Gasteiger partial charge in [0.15, 0.2) is 0 Å². The molecule has 0 saturated carbocycles. The minimum atomic E-state index is -1.78. The Bertz CT molecular complexity index is 1350. The summed E-state index contributed by atoms with van der Waals surface area (Å²) in [6, 6.07) is 9.47. The van der Waals surface area contributed by atoms with E-state index in [1.165, 1.54) is 23.4 Å². The molecule has 0 spiro atoms. The Balaban J connectivity index is 1.41. The molecule has 8 nitrogen and oxygen atoms in total. The van der Waals surface area contributed by atoms with Crippen molar-refractivity contribution in [3.63, 3.8) is 0 Å². The van der Waals surface area contributed by atoms with Crippen LogP contribution in [0, 0.1) is 11.6 Å². The van der Waals surface area contributed by atoms with E-state index in [0.29, 0.717) is 12.1 Å². The minimum Gasteiger partial charge on any atom is -0.382 e. The van der Waals surface area contributed by atoms with Gasteiger partial charge in [0.1, 0.15) is 29.9 Å². The van der Waals surface area contributed by atoms with Gasteiger partial charge in [0.25, 0.3) is 0 Å². The highest BCUT2D eigenvalue weighted by atomic mass is 19.1. The molecule has 196 valence electrons. The third kappa shape index (κ3) is 5.21. The number of benzene rings is 2. The van der Waals surface area contributed by atoms with Crippen molar-refractivity contribution < 1.29 is 13.9 Å². The molecule has 2 aromatic carbocycles. The number of likely N-dealkylation sites (tertiary alicyclic amines) is 1. The number of nitrogens with zero attached hydrogens (tertiary/aromatic N) is 6. The first-order chi connectivity index (χ1) is 17.7. The lowest BCUT2D eigenvalue weighted by Gasteiger charge is -2.35. The fourth-order valence-electron chi connectivity index (χ4n) is 5.19. The van der Waals surface area contributed by atoms with Crippen LogP contribution in [-0.4, -0.2) is 59.7 Å². The van der Waals surface area contributed by atoms with E-state index in [0.717, 1.165) is 54.7 Å². The molecule has 3 heterocycles. The van der Waals surface area contributed by atoms with Gasteiger partial charge in [-0.15, -0.1) is 0 Å². The molecule has 5 rings (SSSR count). The van der Waals surface area contributed by atoms with Crippen LogP contribution in [0.3, 0.4) is 0 Å². The highest BCUT2D eigenvalue weighted by Crippen LogP contribution is 2.37. The second kappa shape index (κ2) is 10.2. The van der Waals surface area contributed by atoms with Crippen molar-refractivity contribution in [2.75, 3.05) is 18.4 Å². The first-order valence-electron chi connectivity index (χ1n) is 12.7. The summed E-state index contributed by atoms with van der Waals surface area (Å²) in [7, 11) is 0. The number of halogens is 2. The summed E-state index contributed by atoms with van der Waals surface area (Å²) in [4.78, 5) is 6.43. The van der Waals surface area contributed by atoms with Gasteiger partial charge in [-0.1, -0.05) is 6.07 Å². The summed E-state index contributed by atoms with van der Waals surface area (Å²) < 4.78 is 31.6. The molecule has 0 radical (unpaired) electrons. The van der Waals surface area contributed by atoms with Crippen LogP contribution in [0.25, 0.3) is 10.9 Å². The molecule has 2 atom stereocenters. The Labute approximate surface area is 214 Å². The normalized spacial score (nSPS) is 17.8. The number of piperidine rings is 1. The van der Waals surface area contributed by atoms with Crippen LogP contribution in [0.2, 0.25) is 0 Å². The molecule has 1 aliphatic heterocycles. The Morgan fingerprint density at radius 3 is 2.57 bits per heavy atom. The largest absolute Gasteiger partial charge is 0.382 e. The molecule has 0 bridgehead atoms. The number of rotatable bonds is 8. The molecule has 0 amide bonds. The molecule has 2 aromatic heterocycles. The molecular weight excluding hydrogens is 476 g/mol. The summed E-state index contributed by atoms with van der Waals surface area (Å²) in [5.74, 6) is -1.54. The average Bonchev–Trinajstić information content (AvgIpc) is 3.53. The number of fused-ring (bicyclic) bond motifs is 1. The maximum Gasteiger partial charge on any atom is 0.137 e. The van der Waals surface area contributed by atoms with Crippen molar-refractivity contribution in [1.29, 1.82) is 0 Å². The van der Waals surface area contributed by atoms with Crippen LogP contribution in [0.5, 0.6) is 0 Å². The quantitative estimate of drug-likeness (QED) is 0.368. The molecule has 10 heteroatoms. The van der Waals surface area contributed by atoms with E-state index in [9.17, 15) is 13.9 Å². The van der Waals surface area contributed by atoms with Gasteiger partial charge in [0.2, 0.25) is 0 Å². The first-order valence-corrected chi connectivity index (χ1v) is 12.7. The lowest BCUT2D eigenvalue weighted by Crippen LogP contribution is -2.42. The van der Waals surface area contributed by atoms with Crippen LogP contribution in [0.4, 0.5) is 14.5 Å². The smallest absolute Gasteiger partial charge is 0.137 e. The molecule has 4 aromatic rings. The maximum atomic E-state index is 14.9. The van der Waals surface area contributed by atoms with E-state index >= 15 is 0 Å². The minimum absolute atomic E-state index is 0.0356. The van der Waals surface area contributed by atoms with E-state index in [-0.39, 0.29) is 12.1 Å². The van der Waals surface area contributed by atoms with Crippen molar-refractivity contribution in [2.24, 2.45) is 0 Å². The van der Waals surface area contributed by atoms with Gasteiger partial charge in [0.05, 0.1) is 18.1 Å². The van der Waals surface area contributed by atoms with Crippen LogP contribution < -0.4 is 5.32 Å². The standard InChI is InChI=1S/C27H33F2N7O/c1-18(2)34-10-8-22(9-11-34)32-23-5-7-26-20(12-23)14-36(33-26)19(3)27(37,15-35-17-30-16-31-35)24-6-4-21(28)13-25(24)29/h4-7,12-14,16-19,22,32,37H,8-11,15H2,1-3H3/t19-,27-/m1/s1. The van der Waals surface area contributed by atoms with Crippen molar-refractivity contribution in [3.8, 4) is 0 Å². The van der Waals surface area contributed by atoms with Crippen molar-refractivity contribution >= 4 is 16.6 Å². The average molecular weight is 510 g/mol. The monoisotopic (exact) mass is 509 g/mol. The van der Waals surface area contributed by atoms with Crippen LogP contribution >= 0.6 is 0 Å². The summed E-state index contributed by atoms with van der Waals surface area (Å²) in [5, 5.41) is 25.2. The fraction of sp³-hybridized carbons (Fsp3) is 0.444. The van der Waals surface area contributed by atoms with Gasteiger partial charge in [-0.05, 0) is 57.9 Å². The molecule has 1 aliphatic rings. The Morgan fingerprint density at radius 1 is 1.11 bits per heavy atom. The molecule has 0 unspecified atom stereocenters. The lowest BCUT2D eigenvalue weighted by molar-refractivity contribution is -0.0366. The number of hydrogen-bond donors (Lipinski definition) is 2. The number of aromatic nitrogens is 5. The van der Waals surface area contributed by atoms with Gasteiger partial charge < -0.3 is 15.3 Å². The number of hydrogen-bond acceptors (Lipinski definition) is 6. The topological polar surface area (TPSA) is 84.0 Å². The summed E-state index contributed by atoms with van der Waals surface area (Å²) >= 11 is 0. The molecular formula is C27H33F2N7O. The van der Waals surface area contributed by atoms with Crippen LogP contribution in [-0.2, 0) is 12.1 Å². The Kier molecular flexibility index (Phi) is 6.96. The second-order valence-electron chi connectivity index (χ2n) is 10.2. The zero-order valence-electron chi connectivity index (χ0n) is 21.4. The summed E-state index contributed by atoms with van der Waals surface area (Å²) in [5.41, 5.74) is -0.0367. The van der Waals surface area contributed by atoms with Gasteiger partial charge in [-0.2, -0.15) is 10.2 Å². The number of nitrogens with one attached hydrogen (secondary N) is 1. The van der Waals surface area contributed by atoms with Crippen LogP contribution in [0.15, 0.2) is 55.2 Å². The summed E-state index contributed by atoms with van der Waals surface area (Å²) in [6.45, 7) is 8.30. The van der Waals surface area contributed by atoms with E-state index in [1.807, 2.05) is 18.3 Å². The van der Waals surface area contributed by atoms with Gasteiger partial charge >= 0.3 is 0 Å². The zero-order valence-corrected chi connectivity index (χ0v) is 21.4. The zero-order chi connectivity index (χ0) is 26.2. The highest BCUT2D eigenvalue weighted by molar-refractivity contribution is 5.82. The first kappa shape index (κ1) is 25.3. The molecule has 1 saturated heterocycles. The van der Waals surface area contributed by atoms with Crippen molar-refractivity contribution in [3.05, 3.63) is 72.4 Å². The predicted octanol–water partition coefficient (Wildman–Crippen LogP) is 4.34. The molecule has 2 N–H and O–H groups in total. The predicted molar refractivity (Wildman–Crippen MR) is 138 cm³/mol. The van der Waals surface area contributed by atoms with Gasteiger partial charge in [-0.3, -0.25) is 4.68 Å². The Hall–Kier alpha value is -3.37. The molecule has 37 heavy (non-hydrogen) atoms. The third-order valence-corrected chi connectivity index (χ3v) is 7.51. The number of aliphatic hydroxyl groups is 1. The molecule has 1 fully saturated rings. The van der Waals surface area contributed by atoms with E-state index < -0.39 is 23.3 Å². The van der Waals surface area contributed by atoms with Crippen molar-refractivity contribution in [2.45, 2.75) is 63.9 Å². The lowest BCUT2D eigenvalue weighted by atomic mass is 9.86. The second-order valence-corrected chi connectivity index (χ2v) is 10.2. The highest BCUT2D eigenvalue weighted by Gasteiger charge is 2.41. The van der Waals surface area contributed by atoms with Gasteiger partial charge in [-0.25, -0.2) is 18.4 Å². The Morgan fingerprint density at radius 2 is 1.89 bits per heavy atom. The van der Waals surface area contributed by atoms with E-state index in [1.54, 1.807) is 11.6 Å². The summed E-state index contributed by atoms with van der Waals surface area (Å²) in [6.07, 6.45) is 6.81. The molecule has 0 aliphatic carbocycles. The van der Waals surface area contributed by atoms with E-state index in [4.69, 9.17) is 0 Å². The fourth-order valence-corrected chi connectivity index (χ4v) is 5.19. The SMILES string of the molecule is CC(C)N1CCC(Nc2ccc3nn([C@H](C)[C@](O)(Cn4cncn4)c4ccc(F)cc4F)cc3c2)CC1.